The van der Waals surface area contributed by atoms with Crippen molar-refractivity contribution in [2.75, 3.05) is 13.2 Å². The highest BCUT2D eigenvalue weighted by Gasteiger charge is 2.00. The lowest BCUT2D eigenvalue weighted by Gasteiger charge is -2.00. The summed E-state index contributed by atoms with van der Waals surface area (Å²) in [6.07, 6.45) is 7.64. The highest BCUT2D eigenvalue weighted by Crippen LogP contribution is 1.97. The van der Waals surface area contributed by atoms with Gasteiger partial charge in [-0.25, -0.2) is 9.59 Å². The molecule has 0 saturated heterocycles. The first kappa shape index (κ1) is 21.6. The molecule has 0 aliphatic carbocycles. The molecule has 0 N–H and O–H groups in total. The van der Waals surface area contributed by atoms with E-state index in [1.807, 2.05) is 50.3 Å². The fourth-order valence-electron chi connectivity index (χ4n) is 1.46. The van der Waals surface area contributed by atoms with E-state index in [1.54, 1.807) is 0 Å². The molecule has 0 amide bonds. The van der Waals surface area contributed by atoms with Crippen LogP contribution in [-0.2, 0) is 19.1 Å². The predicted octanol–water partition coefficient (Wildman–Crippen LogP) is 4.56. The van der Waals surface area contributed by atoms with Crippen LogP contribution in [0.5, 0.6) is 0 Å². The van der Waals surface area contributed by atoms with Crippen LogP contribution in [0.3, 0.4) is 0 Å². The highest BCUT2D eigenvalue weighted by molar-refractivity contribution is 5.91. The fourth-order valence-corrected chi connectivity index (χ4v) is 1.46. The number of carbonyl (C=O) groups is 2. The van der Waals surface area contributed by atoms with Gasteiger partial charge in [0.1, 0.15) is 0 Å². The standard InChI is InChI=1S/C12H20O4.C8H8/c1-3-5-9-15-11(13)7-8-12(14)16-10-6-4-2;1-2-8-6-4-3-5-7-8/h7-8H,3-6,9-10H2,1-2H3;2-7H,1H2/b8-7+;. The number of hydrogen-bond acceptors (Lipinski definition) is 4. The predicted molar refractivity (Wildman–Crippen MR) is 97.4 cm³/mol. The second-order valence-corrected chi connectivity index (χ2v) is 4.99. The first-order chi connectivity index (χ1) is 11.6. The van der Waals surface area contributed by atoms with Gasteiger partial charge in [-0.15, -0.1) is 0 Å². The number of carbonyl (C=O) groups excluding carboxylic acids is 2. The van der Waals surface area contributed by atoms with Crippen LogP contribution in [0.25, 0.3) is 6.08 Å². The molecule has 0 aliphatic rings. The lowest BCUT2D eigenvalue weighted by Crippen LogP contribution is -2.05. The van der Waals surface area contributed by atoms with Crippen molar-refractivity contribution in [2.24, 2.45) is 0 Å². The van der Waals surface area contributed by atoms with E-state index in [-0.39, 0.29) is 0 Å². The zero-order valence-electron chi connectivity index (χ0n) is 14.7. The Morgan fingerprint density at radius 3 is 1.71 bits per heavy atom. The lowest BCUT2D eigenvalue weighted by atomic mass is 10.2. The van der Waals surface area contributed by atoms with Gasteiger partial charge in [0.25, 0.3) is 0 Å². The second-order valence-electron chi connectivity index (χ2n) is 4.99. The van der Waals surface area contributed by atoms with Crippen LogP contribution >= 0.6 is 0 Å². The Morgan fingerprint density at radius 2 is 1.38 bits per heavy atom. The number of unbranched alkanes of at least 4 members (excludes halogenated alkanes) is 2. The van der Waals surface area contributed by atoms with Crippen LogP contribution in [0.2, 0.25) is 0 Å². The first-order valence-electron chi connectivity index (χ1n) is 8.33. The Morgan fingerprint density at radius 1 is 0.917 bits per heavy atom. The Kier molecular flexibility index (Phi) is 14.0. The van der Waals surface area contributed by atoms with Gasteiger partial charge in [0, 0.05) is 12.2 Å². The van der Waals surface area contributed by atoms with Crippen LogP contribution in [0, 0.1) is 0 Å². The van der Waals surface area contributed by atoms with E-state index in [1.165, 1.54) is 5.56 Å². The lowest BCUT2D eigenvalue weighted by molar-refractivity contribution is -0.140. The molecule has 0 heterocycles. The van der Waals surface area contributed by atoms with Crippen molar-refractivity contribution in [1.82, 2.24) is 0 Å². The Bertz CT molecular complexity index is 468. The van der Waals surface area contributed by atoms with Crippen LogP contribution in [0.15, 0.2) is 49.1 Å². The van der Waals surface area contributed by atoms with Gasteiger partial charge in [-0.2, -0.15) is 0 Å². The summed E-state index contributed by atoms with van der Waals surface area (Å²) in [5, 5.41) is 0. The molecule has 0 spiro atoms. The molecule has 4 heteroatoms. The van der Waals surface area contributed by atoms with E-state index in [4.69, 9.17) is 9.47 Å². The largest absolute Gasteiger partial charge is 0.463 e. The van der Waals surface area contributed by atoms with Gasteiger partial charge in [0.2, 0.25) is 0 Å². The first-order valence-corrected chi connectivity index (χ1v) is 8.33. The molecule has 0 saturated carbocycles. The summed E-state index contributed by atoms with van der Waals surface area (Å²) in [5.41, 5.74) is 1.17. The summed E-state index contributed by atoms with van der Waals surface area (Å²) in [5.74, 6) is -0.998. The summed E-state index contributed by atoms with van der Waals surface area (Å²) in [4.78, 5) is 22.1. The van der Waals surface area contributed by atoms with Crippen LogP contribution in [0.4, 0.5) is 0 Å². The average molecular weight is 332 g/mol. The molecule has 1 aromatic carbocycles. The van der Waals surface area contributed by atoms with E-state index < -0.39 is 11.9 Å². The third kappa shape index (κ3) is 13.3. The van der Waals surface area contributed by atoms with E-state index in [9.17, 15) is 9.59 Å². The molecule has 1 aromatic rings. The molecule has 4 nitrogen and oxygen atoms in total. The van der Waals surface area contributed by atoms with Crippen molar-refractivity contribution in [2.45, 2.75) is 39.5 Å². The highest BCUT2D eigenvalue weighted by atomic mass is 16.5. The molecule has 1 rings (SSSR count). The fraction of sp³-hybridized carbons (Fsp3) is 0.400. The smallest absolute Gasteiger partial charge is 0.331 e. The summed E-state index contributed by atoms with van der Waals surface area (Å²) in [6, 6.07) is 10.0. The molecule has 0 atom stereocenters. The molecule has 24 heavy (non-hydrogen) atoms. The Balaban J connectivity index is 0.000000546. The average Bonchev–Trinajstić information content (AvgIpc) is 2.61. The molecule has 0 aliphatic heterocycles. The minimum Gasteiger partial charge on any atom is -0.463 e. The van der Waals surface area contributed by atoms with E-state index >= 15 is 0 Å². The third-order valence-electron chi connectivity index (χ3n) is 2.88. The van der Waals surface area contributed by atoms with Crippen molar-refractivity contribution in [3.05, 3.63) is 54.6 Å². The molecule has 0 aromatic heterocycles. The second kappa shape index (κ2) is 15.5. The van der Waals surface area contributed by atoms with E-state index in [0.717, 1.165) is 37.8 Å². The minimum atomic E-state index is -0.499. The van der Waals surface area contributed by atoms with E-state index in [2.05, 4.69) is 6.58 Å². The van der Waals surface area contributed by atoms with Crippen molar-refractivity contribution in [3.63, 3.8) is 0 Å². The molecular weight excluding hydrogens is 304 g/mol. The normalized spacial score (nSPS) is 9.75. The van der Waals surface area contributed by atoms with Crippen LogP contribution in [0.1, 0.15) is 45.1 Å². The molecule has 0 unspecified atom stereocenters. The number of benzene rings is 1. The third-order valence-corrected chi connectivity index (χ3v) is 2.88. The van der Waals surface area contributed by atoms with Crippen molar-refractivity contribution in [3.8, 4) is 0 Å². The van der Waals surface area contributed by atoms with Crippen molar-refractivity contribution >= 4 is 18.0 Å². The number of rotatable bonds is 9. The van der Waals surface area contributed by atoms with Gasteiger partial charge < -0.3 is 9.47 Å². The van der Waals surface area contributed by atoms with Gasteiger partial charge in [0.15, 0.2) is 0 Å². The van der Waals surface area contributed by atoms with Gasteiger partial charge in [-0.3, -0.25) is 0 Å². The maximum absolute atomic E-state index is 11.0. The van der Waals surface area contributed by atoms with Crippen LogP contribution < -0.4 is 0 Å². The van der Waals surface area contributed by atoms with Gasteiger partial charge in [-0.1, -0.05) is 69.7 Å². The Labute approximate surface area is 145 Å². The maximum Gasteiger partial charge on any atom is 0.331 e. The van der Waals surface area contributed by atoms with Crippen molar-refractivity contribution < 1.29 is 19.1 Å². The van der Waals surface area contributed by atoms with Gasteiger partial charge in [0.05, 0.1) is 13.2 Å². The summed E-state index contributed by atoms with van der Waals surface area (Å²) in [6.45, 7) is 8.44. The molecule has 0 bridgehead atoms. The minimum absolute atomic E-state index is 0.393. The Hall–Kier alpha value is -2.36. The maximum atomic E-state index is 11.0. The van der Waals surface area contributed by atoms with Gasteiger partial charge in [-0.05, 0) is 18.4 Å². The number of ether oxygens (including phenoxy) is 2. The summed E-state index contributed by atoms with van der Waals surface area (Å²) in [7, 11) is 0. The zero-order valence-corrected chi connectivity index (χ0v) is 14.7. The molecule has 0 radical (unpaired) electrons. The molecular formula is C20H28O4. The molecule has 132 valence electrons. The SMILES string of the molecule is C=Cc1ccccc1.CCCCOC(=O)/C=C/C(=O)OCCCC. The summed E-state index contributed by atoms with van der Waals surface area (Å²) >= 11 is 0. The quantitative estimate of drug-likeness (QED) is 0.378. The summed E-state index contributed by atoms with van der Waals surface area (Å²) < 4.78 is 9.65. The topological polar surface area (TPSA) is 52.6 Å². The number of esters is 2. The number of hydrogen-bond donors (Lipinski definition) is 0. The van der Waals surface area contributed by atoms with E-state index in [0.29, 0.717) is 13.2 Å². The monoisotopic (exact) mass is 332 g/mol. The van der Waals surface area contributed by atoms with Crippen LogP contribution in [-0.4, -0.2) is 25.2 Å². The zero-order chi connectivity index (χ0) is 18.0. The molecule has 0 fully saturated rings. The van der Waals surface area contributed by atoms with Crippen molar-refractivity contribution in [1.29, 1.82) is 0 Å². The van der Waals surface area contributed by atoms with Gasteiger partial charge >= 0.3 is 11.9 Å².